The van der Waals surface area contributed by atoms with Crippen LogP contribution >= 0.6 is 34.4 Å². The van der Waals surface area contributed by atoms with Gasteiger partial charge in [0.2, 0.25) is 6.79 Å². The highest BCUT2D eigenvalue weighted by atomic mass is 32.2. The summed E-state index contributed by atoms with van der Waals surface area (Å²) < 4.78 is 13.0. The smallest absolute Gasteiger partial charge is 0.231 e. The molecule has 0 fully saturated rings. The number of hydrogen-bond donors (Lipinski definition) is 0. The van der Waals surface area contributed by atoms with E-state index in [0.717, 1.165) is 50.1 Å². The van der Waals surface area contributed by atoms with Crippen LogP contribution in [0.2, 0.25) is 0 Å². The zero-order chi connectivity index (χ0) is 20.5. The molecule has 0 atom stereocenters. The Morgan fingerprint density at radius 1 is 1.13 bits per heavy atom. The van der Waals surface area contributed by atoms with Crippen LogP contribution in [-0.4, -0.2) is 26.5 Å². The summed E-state index contributed by atoms with van der Waals surface area (Å²) in [5.41, 5.74) is 3.14. The van der Waals surface area contributed by atoms with Crippen LogP contribution in [0.15, 0.2) is 52.8 Å². The SMILES string of the molecule is C=CCn1c(SCc2csc(-c3ccc4c(c3)OCO4)n2)nnc1-c1csc(C)c1. The van der Waals surface area contributed by atoms with E-state index < -0.39 is 0 Å². The molecule has 1 aromatic carbocycles. The van der Waals surface area contributed by atoms with Crippen molar-refractivity contribution in [3.63, 3.8) is 0 Å². The summed E-state index contributed by atoms with van der Waals surface area (Å²) in [6.45, 7) is 6.92. The molecule has 9 heteroatoms. The zero-order valence-corrected chi connectivity index (χ0v) is 18.6. The van der Waals surface area contributed by atoms with Gasteiger partial charge in [0.1, 0.15) is 5.01 Å². The molecule has 0 saturated heterocycles. The quantitative estimate of drug-likeness (QED) is 0.266. The van der Waals surface area contributed by atoms with E-state index in [1.807, 2.05) is 24.3 Å². The largest absolute Gasteiger partial charge is 0.454 e. The van der Waals surface area contributed by atoms with Crippen LogP contribution in [0.1, 0.15) is 10.6 Å². The molecular weight excluding hydrogens is 436 g/mol. The number of rotatable bonds is 7. The first kappa shape index (κ1) is 19.3. The number of aryl methyl sites for hydroxylation is 1. The molecule has 0 unspecified atom stereocenters. The normalized spacial score (nSPS) is 12.4. The molecule has 0 spiro atoms. The molecule has 0 saturated carbocycles. The Morgan fingerprint density at radius 3 is 2.87 bits per heavy atom. The van der Waals surface area contributed by atoms with Gasteiger partial charge in [0.25, 0.3) is 0 Å². The monoisotopic (exact) mass is 454 g/mol. The van der Waals surface area contributed by atoms with Crippen molar-refractivity contribution in [2.75, 3.05) is 6.79 Å². The Balaban J connectivity index is 1.33. The average molecular weight is 455 g/mol. The fourth-order valence-electron chi connectivity index (χ4n) is 3.14. The second kappa shape index (κ2) is 8.25. The van der Waals surface area contributed by atoms with Crippen LogP contribution in [0, 0.1) is 6.92 Å². The molecule has 4 heterocycles. The molecule has 3 aromatic heterocycles. The van der Waals surface area contributed by atoms with Gasteiger partial charge in [0.15, 0.2) is 22.5 Å². The predicted octanol–water partition coefficient (Wildman–Crippen LogP) is 5.65. The van der Waals surface area contributed by atoms with Crippen LogP contribution < -0.4 is 9.47 Å². The van der Waals surface area contributed by atoms with Crippen molar-refractivity contribution in [2.24, 2.45) is 0 Å². The Kier molecular flexibility index (Phi) is 5.32. The van der Waals surface area contributed by atoms with Gasteiger partial charge in [0.05, 0.1) is 5.69 Å². The minimum Gasteiger partial charge on any atom is -0.454 e. The summed E-state index contributed by atoms with van der Waals surface area (Å²) in [5.74, 6) is 3.15. The number of thiophene rings is 1. The van der Waals surface area contributed by atoms with Gasteiger partial charge in [-0.25, -0.2) is 4.98 Å². The number of fused-ring (bicyclic) bond motifs is 1. The van der Waals surface area contributed by atoms with E-state index in [1.165, 1.54) is 4.88 Å². The maximum atomic E-state index is 5.47. The molecule has 0 aliphatic carbocycles. The lowest BCUT2D eigenvalue weighted by Crippen LogP contribution is -2.00. The van der Waals surface area contributed by atoms with Gasteiger partial charge in [-0.3, -0.25) is 4.57 Å². The third-order valence-corrected chi connectivity index (χ3v) is 7.34. The zero-order valence-electron chi connectivity index (χ0n) is 16.2. The van der Waals surface area contributed by atoms with Crippen molar-refractivity contribution in [1.29, 1.82) is 0 Å². The van der Waals surface area contributed by atoms with Crippen molar-refractivity contribution in [2.45, 2.75) is 24.4 Å². The van der Waals surface area contributed by atoms with Gasteiger partial charge in [0, 0.05) is 39.1 Å². The summed E-state index contributed by atoms with van der Waals surface area (Å²) in [7, 11) is 0. The number of nitrogens with zero attached hydrogens (tertiary/aromatic N) is 4. The second-order valence-electron chi connectivity index (χ2n) is 6.65. The summed E-state index contributed by atoms with van der Waals surface area (Å²) in [6.07, 6.45) is 1.87. The van der Waals surface area contributed by atoms with Crippen molar-refractivity contribution in [3.05, 3.63) is 58.3 Å². The lowest BCUT2D eigenvalue weighted by molar-refractivity contribution is 0.174. The maximum absolute atomic E-state index is 5.47. The minimum atomic E-state index is 0.275. The molecule has 0 amide bonds. The van der Waals surface area contributed by atoms with Crippen molar-refractivity contribution in [1.82, 2.24) is 19.7 Å². The van der Waals surface area contributed by atoms with E-state index in [2.05, 4.69) is 45.1 Å². The fourth-order valence-corrected chi connectivity index (χ4v) is 5.58. The van der Waals surface area contributed by atoms with Crippen LogP contribution in [0.3, 0.4) is 0 Å². The second-order valence-corrected chi connectivity index (χ2v) is 9.57. The molecule has 0 bridgehead atoms. The van der Waals surface area contributed by atoms with E-state index >= 15 is 0 Å². The maximum Gasteiger partial charge on any atom is 0.231 e. The number of allylic oxidation sites excluding steroid dienone is 1. The van der Waals surface area contributed by atoms with Gasteiger partial charge in [-0.05, 0) is 31.2 Å². The lowest BCUT2D eigenvalue weighted by Gasteiger charge is -2.06. The molecule has 1 aliphatic heterocycles. The van der Waals surface area contributed by atoms with Crippen LogP contribution in [0.25, 0.3) is 22.0 Å². The number of hydrogen-bond acceptors (Lipinski definition) is 8. The van der Waals surface area contributed by atoms with E-state index in [9.17, 15) is 0 Å². The van der Waals surface area contributed by atoms with Crippen molar-refractivity contribution >= 4 is 34.4 Å². The molecule has 1 aliphatic rings. The third-order valence-electron chi connectivity index (χ3n) is 4.54. The molecule has 152 valence electrons. The fraction of sp³-hybridized carbons (Fsp3) is 0.190. The Bertz CT molecular complexity index is 1210. The summed E-state index contributed by atoms with van der Waals surface area (Å²) in [4.78, 5) is 6.05. The highest BCUT2D eigenvalue weighted by Crippen LogP contribution is 2.37. The summed E-state index contributed by atoms with van der Waals surface area (Å²) in [6, 6.07) is 8.06. The number of benzene rings is 1. The van der Waals surface area contributed by atoms with Gasteiger partial charge >= 0.3 is 0 Å². The average Bonchev–Trinajstić information content (AvgIpc) is 3.53. The predicted molar refractivity (Wildman–Crippen MR) is 122 cm³/mol. The number of thiazole rings is 1. The molecular formula is C21H18N4O2S3. The highest BCUT2D eigenvalue weighted by molar-refractivity contribution is 7.98. The van der Waals surface area contributed by atoms with Crippen molar-refractivity contribution < 1.29 is 9.47 Å². The van der Waals surface area contributed by atoms with E-state index in [1.54, 1.807) is 34.4 Å². The topological polar surface area (TPSA) is 62.1 Å². The standard InChI is InChI=1S/C21H18N4O2S3/c1-3-6-25-19(15-7-13(2)28-9-15)23-24-21(25)30-11-16-10-29-20(22-16)14-4-5-17-18(8-14)27-12-26-17/h3-5,7-10H,1,6,11-12H2,2H3. The Morgan fingerprint density at radius 2 is 2.03 bits per heavy atom. The minimum absolute atomic E-state index is 0.275. The first-order chi connectivity index (χ1) is 14.7. The summed E-state index contributed by atoms with van der Waals surface area (Å²) >= 11 is 4.97. The van der Waals surface area contributed by atoms with Crippen LogP contribution in [0.4, 0.5) is 0 Å². The van der Waals surface area contributed by atoms with E-state index in [0.29, 0.717) is 6.54 Å². The molecule has 0 radical (unpaired) electrons. The highest BCUT2D eigenvalue weighted by Gasteiger charge is 2.17. The van der Waals surface area contributed by atoms with Gasteiger partial charge in [-0.1, -0.05) is 17.8 Å². The van der Waals surface area contributed by atoms with Gasteiger partial charge in [-0.2, -0.15) is 0 Å². The lowest BCUT2D eigenvalue weighted by atomic mass is 10.2. The first-order valence-corrected chi connectivity index (χ1v) is 12.0. The molecule has 6 nitrogen and oxygen atoms in total. The van der Waals surface area contributed by atoms with Crippen LogP contribution in [0.5, 0.6) is 11.5 Å². The first-order valence-electron chi connectivity index (χ1n) is 9.28. The Hall–Kier alpha value is -2.62. The molecule has 0 N–H and O–H groups in total. The van der Waals surface area contributed by atoms with Gasteiger partial charge in [-0.15, -0.1) is 39.4 Å². The van der Waals surface area contributed by atoms with E-state index in [-0.39, 0.29) is 6.79 Å². The molecule has 5 rings (SSSR count). The van der Waals surface area contributed by atoms with Crippen molar-refractivity contribution in [3.8, 4) is 33.5 Å². The summed E-state index contributed by atoms with van der Waals surface area (Å²) in [5, 5.41) is 14.9. The van der Waals surface area contributed by atoms with Gasteiger partial charge < -0.3 is 9.47 Å². The Labute approximate surface area is 186 Å². The molecule has 4 aromatic rings. The van der Waals surface area contributed by atoms with E-state index in [4.69, 9.17) is 14.5 Å². The number of aromatic nitrogens is 4. The van der Waals surface area contributed by atoms with Crippen LogP contribution in [-0.2, 0) is 12.3 Å². The number of ether oxygens (including phenoxy) is 2. The molecule has 30 heavy (non-hydrogen) atoms. The number of thioether (sulfide) groups is 1. The third kappa shape index (κ3) is 3.76.